The van der Waals surface area contributed by atoms with E-state index >= 15 is 0 Å². The summed E-state index contributed by atoms with van der Waals surface area (Å²) in [5, 5.41) is 6.14. The van der Waals surface area contributed by atoms with Crippen LogP contribution in [0.1, 0.15) is 52.8 Å². The van der Waals surface area contributed by atoms with Gasteiger partial charge < -0.3 is 15.2 Å². The van der Waals surface area contributed by atoms with E-state index in [9.17, 15) is 4.79 Å². The molecule has 0 fully saturated rings. The van der Waals surface area contributed by atoms with E-state index in [4.69, 9.17) is 15.2 Å². The summed E-state index contributed by atoms with van der Waals surface area (Å²) < 4.78 is 12.5. The van der Waals surface area contributed by atoms with Crippen LogP contribution >= 0.6 is 0 Å². The maximum Gasteiger partial charge on any atom is 0.513 e. The third-order valence-electron chi connectivity index (χ3n) is 3.92. The number of benzene rings is 1. The standard InChI is InChI=1S/C20H30N4O3/c1-19(2,3)16-11-17(21)24(23-16)14-9-8-13(15(10-14)26-7)12-22-18(25)27-20(4,5)6/h8-11H,12,21H2,1-7H3,(H,22,25)/p+1. The molecule has 0 atom stereocenters. The second kappa shape index (κ2) is 7.60. The summed E-state index contributed by atoms with van der Waals surface area (Å²) in [5.41, 5.74) is 8.16. The lowest BCUT2D eigenvalue weighted by Gasteiger charge is -2.17. The summed E-state index contributed by atoms with van der Waals surface area (Å²) in [7, 11) is 1.60. The Morgan fingerprint density at radius 1 is 1.19 bits per heavy atom. The van der Waals surface area contributed by atoms with E-state index in [1.165, 1.54) is 5.32 Å². The highest BCUT2D eigenvalue weighted by atomic mass is 16.6. The van der Waals surface area contributed by atoms with Gasteiger partial charge in [-0.2, -0.15) is 9.89 Å². The Morgan fingerprint density at radius 2 is 1.85 bits per heavy atom. The van der Waals surface area contributed by atoms with Crippen LogP contribution in [0, 0.1) is 0 Å². The minimum absolute atomic E-state index is 0.0915. The van der Waals surface area contributed by atoms with Crippen molar-refractivity contribution in [2.24, 2.45) is 0 Å². The van der Waals surface area contributed by atoms with Gasteiger partial charge in [0.05, 0.1) is 18.5 Å². The number of nitrogens with two attached hydrogens (primary N) is 2. The molecule has 0 saturated heterocycles. The largest absolute Gasteiger partial charge is 0.513 e. The topological polar surface area (TPSA) is 96.0 Å². The fourth-order valence-electron chi connectivity index (χ4n) is 2.54. The fraction of sp³-hybridized carbons (Fsp3) is 0.500. The number of quaternary nitrogens is 1. The molecule has 0 unspecified atom stereocenters. The Labute approximate surface area is 160 Å². The zero-order chi connectivity index (χ0) is 20.4. The Kier molecular flexibility index (Phi) is 5.85. The van der Waals surface area contributed by atoms with E-state index in [2.05, 4.69) is 25.9 Å². The molecular weight excluding hydrogens is 344 g/mol. The quantitative estimate of drug-likeness (QED) is 0.857. The summed E-state index contributed by atoms with van der Waals surface area (Å²) >= 11 is 0. The van der Waals surface area contributed by atoms with Crippen LogP contribution < -0.4 is 15.8 Å². The van der Waals surface area contributed by atoms with Gasteiger partial charge in [-0.25, -0.2) is 10.00 Å². The van der Waals surface area contributed by atoms with Crippen LogP contribution in [-0.4, -0.2) is 28.6 Å². The number of methoxy groups -OCH3 is 1. The fourth-order valence-corrected chi connectivity index (χ4v) is 2.54. The predicted molar refractivity (Wildman–Crippen MR) is 105 cm³/mol. The van der Waals surface area contributed by atoms with E-state index < -0.39 is 5.60 Å². The first-order valence-corrected chi connectivity index (χ1v) is 9.00. The summed E-state index contributed by atoms with van der Waals surface area (Å²) in [5.74, 6) is 1.23. The predicted octanol–water partition coefficient (Wildman–Crippen LogP) is 2.76. The van der Waals surface area contributed by atoms with Crippen molar-refractivity contribution in [2.45, 2.75) is 59.1 Å². The smallest absolute Gasteiger partial charge is 0.496 e. The summed E-state index contributed by atoms with van der Waals surface area (Å²) in [4.78, 5) is 11.9. The lowest BCUT2D eigenvalue weighted by Crippen LogP contribution is -2.87. The zero-order valence-corrected chi connectivity index (χ0v) is 17.3. The van der Waals surface area contributed by atoms with Crippen LogP contribution in [0.25, 0.3) is 5.69 Å². The van der Waals surface area contributed by atoms with Gasteiger partial charge in [-0.05, 0) is 32.9 Å². The first-order chi connectivity index (χ1) is 12.4. The third-order valence-corrected chi connectivity index (χ3v) is 3.92. The lowest BCUT2D eigenvalue weighted by atomic mass is 9.92. The highest BCUT2D eigenvalue weighted by Gasteiger charge is 2.21. The number of rotatable bonds is 4. The molecule has 1 aromatic carbocycles. The third kappa shape index (κ3) is 5.47. The first kappa shape index (κ1) is 20.8. The molecule has 7 heteroatoms. The van der Waals surface area contributed by atoms with Crippen molar-refractivity contribution in [2.75, 3.05) is 12.8 Å². The highest BCUT2D eigenvalue weighted by Crippen LogP contribution is 2.27. The molecule has 7 nitrogen and oxygen atoms in total. The normalized spacial score (nSPS) is 12.1. The molecular formula is C20H31N4O3+. The van der Waals surface area contributed by atoms with E-state index in [1.54, 1.807) is 11.8 Å². The maximum absolute atomic E-state index is 11.9. The van der Waals surface area contributed by atoms with E-state index in [0.717, 1.165) is 16.9 Å². The summed E-state index contributed by atoms with van der Waals surface area (Å²) in [6, 6.07) is 7.58. The van der Waals surface area contributed by atoms with Crippen LogP contribution in [0.4, 0.5) is 10.6 Å². The number of primary amides is 1. The van der Waals surface area contributed by atoms with Crippen LogP contribution in [0.5, 0.6) is 5.75 Å². The van der Waals surface area contributed by atoms with Gasteiger partial charge in [0.15, 0.2) is 0 Å². The molecule has 1 amide bonds. The van der Waals surface area contributed by atoms with E-state index in [0.29, 0.717) is 18.1 Å². The molecule has 1 aromatic heterocycles. The average Bonchev–Trinajstić information content (AvgIpc) is 2.93. The molecule has 1 heterocycles. The molecule has 27 heavy (non-hydrogen) atoms. The summed E-state index contributed by atoms with van der Waals surface area (Å²) in [6.07, 6.45) is -0.347. The molecule has 2 rings (SSSR count). The first-order valence-electron chi connectivity index (χ1n) is 9.00. The summed E-state index contributed by atoms with van der Waals surface area (Å²) in [6.45, 7) is 12.2. The van der Waals surface area contributed by atoms with Gasteiger partial charge >= 0.3 is 6.09 Å². The Balaban J connectivity index is 2.22. The number of aromatic nitrogens is 2. The van der Waals surface area contributed by atoms with Crippen molar-refractivity contribution in [3.8, 4) is 11.4 Å². The molecule has 4 N–H and O–H groups in total. The number of ether oxygens (including phenoxy) is 2. The zero-order valence-electron chi connectivity index (χ0n) is 17.3. The highest BCUT2D eigenvalue weighted by molar-refractivity contribution is 5.56. The number of hydrogen-bond donors (Lipinski definition) is 2. The maximum atomic E-state index is 11.9. The van der Waals surface area contributed by atoms with Gasteiger partial charge in [-0.1, -0.05) is 20.8 Å². The minimum Gasteiger partial charge on any atom is -0.496 e. The van der Waals surface area contributed by atoms with Crippen LogP contribution in [0.15, 0.2) is 24.3 Å². The van der Waals surface area contributed by atoms with Gasteiger partial charge in [0, 0.05) is 23.1 Å². The number of hydrogen-bond acceptors (Lipinski definition) is 5. The van der Waals surface area contributed by atoms with Gasteiger partial charge in [0.1, 0.15) is 23.7 Å². The van der Waals surface area contributed by atoms with Crippen LogP contribution in [-0.2, 0) is 16.7 Å². The number of nitrogen functional groups attached to an aromatic ring is 1. The van der Waals surface area contributed by atoms with E-state index in [-0.39, 0.29) is 11.5 Å². The Hall–Kier alpha value is -2.54. The molecule has 2 aromatic rings. The van der Waals surface area contributed by atoms with Crippen molar-refractivity contribution in [1.82, 2.24) is 9.78 Å². The van der Waals surface area contributed by atoms with Crippen LogP contribution in [0.2, 0.25) is 0 Å². The molecule has 0 aliphatic heterocycles. The van der Waals surface area contributed by atoms with Crippen molar-refractivity contribution < 1.29 is 19.6 Å². The molecule has 0 radical (unpaired) electrons. The number of carbonyl (C=O) groups excluding carboxylic acids is 1. The Morgan fingerprint density at radius 3 is 2.37 bits per heavy atom. The second-order valence-corrected chi connectivity index (χ2v) is 8.55. The van der Waals surface area contributed by atoms with Crippen molar-refractivity contribution >= 4 is 11.9 Å². The molecule has 0 saturated carbocycles. The molecule has 0 aliphatic carbocycles. The Bertz CT molecular complexity index is 814. The van der Waals surface area contributed by atoms with E-state index in [1.807, 2.05) is 45.0 Å². The minimum atomic E-state index is -0.510. The lowest BCUT2D eigenvalue weighted by molar-refractivity contribution is -0.589. The number of amides is 1. The molecule has 0 spiro atoms. The van der Waals surface area contributed by atoms with Crippen molar-refractivity contribution in [3.63, 3.8) is 0 Å². The van der Waals surface area contributed by atoms with Crippen molar-refractivity contribution in [3.05, 3.63) is 35.5 Å². The number of anilines is 1. The molecule has 0 aliphatic rings. The van der Waals surface area contributed by atoms with Crippen molar-refractivity contribution in [1.29, 1.82) is 0 Å². The molecule has 0 bridgehead atoms. The molecule has 148 valence electrons. The monoisotopic (exact) mass is 375 g/mol. The van der Waals surface area contributed by atoms with Gasteiger partial charge in [0.2, 0.25) is 0 Å². The van der Waals surface area contributed by atoms with Gasteiger partial charge in [0.25, 0.3) is 0 Å². The number of nitrogens with zero attached hydrogens (tertiary/aromatic N) is 2. The SMILES string of the molecule is COc1cc(-n2nc(C(C)(C)C)cc2N)ccc1C[NH2+]C(=O)OC(C)(C)C. The number of carbonyl (C=O) groups is 1. The van der Waals surface area contributed by atoms with Gasteiger partial charge in [-0.3, -0.25) is 0 Å². The van der Waals surface area contributed by atoms with Gasteiger partial charge in [-0.15, -0.1) is 0 Å². The van der Waals surface area contributed by atoms with Crippen LogP contribution in [0.3, 0.4) is 0 Å². The second-order valence-electron chi connectivity index (χ2n) is 8.55. The average molecular weight is 375 g/mol.